The zero-order valence-corrected chi connectivity index (χ0v) is 10.4. The highest BCUT2D eigenvalue weighted by Gasteiger charge is 2.04. The molecule has 0 amide bonds. The molecule has 7 heteroatoms. The van der Waals surface area contributed by atoms with Crippen LogP contribution < -0.4 is 5.73 Å². The van der Waals surface area contributed by atoms with Crippen molar-refractivity contribution in [2.45, 2.75) is 17.1 Å². The van der Waals surface area contributed by atoms with Crippen molar-refractivity contribution in [2.24, 2.45) is 10.9 Å². The van der Waals surface area contributed by atoms with Gasteiger partial charge in [-0.3, -0.25) is 0 Å². The number of nitrogens with two attached hydrogens (primary N) is 1. The van der Waals surface area contributed by atoms with Gasteiger partial charge in [-0.2, -0.15) is 0 Å². The molecule has 0 aromatic carbocycles. The first kappa shape index (κ1) is 12.3. The Balaban J connectivity index is 2.16. The fourth-order valence-electron chi connectivity index (χ4n) is 1.22. The normalized spacial score (nSPS) is 11.5. The number of amidine groups is 1. The van der Waals surface area contributed by atoms with Crippen molar-refractivity contribution in [1.29, 1.82) is 0 Å². The van der Waals surface area contributed by atoms with Gasteiger partial charge in [-0.25, -0.2) is 15.0 Å². The molecule has 0 atom stereocenters. The molecule has 0 saturated heterocycles. The summed E-state index contributed by atoms with van der Waals surface area (Å²) in [5.74, 6) is 0.0332. The Morgan fingerprint density at radius 2 is 2.17 bits per heavy atom. The van der Waals surface area contributed by atoms with Crippen molar-refractivity contribution in [1.82, 2.24) is 15.0 Å². The Morgan fingerprint density at radius 3 is 2.78 bits per heavy atom. The fourth-order valence-corrected chi connectivity index (χ4v) is 1.95. The van der Waals surface area contributed by atoms with Crippen LogP contribution in [0.2, 0.25) is 0 Å². The van der Waals surface area contributed by atoms with E-state index in [1.54, 1.807) is 18.3 Å². The summed E-state index contributed by atoms with van der Waals surface area (Å²) in [5.41, 5.74) is 6.91. The molecule has 2 heterocycles. The quantitative estimate of drug-likeness (QED) is 0.285. The number of rotatable bonds is 3. The van der Waals surface area contributed by atoms with Crippen LogP contribution in [-0.4, -0.2) is 26.0 Å². The first-order chi connectivity index (χ1) is 8.69. The van der Waals surface area contributed by atoms with Crippen molar-refractivity contribution in [2.75, 3.05) is 0 Å². The van der Waals surface area contributed by atoms with Crippen LogP contribution in [0.25, 0.3) is 0 Å². The molecule has 0 bridgehead atoms. The van der Waals surface area contributed by atoms with E-state index in [4.69, 9.17) is 10.9 Å². The van der Waals surface area contributed by atoms with Gasteiger partial charge in [-0.05, 0) is 36.9 Å². The minimum absolute atomic E-state index is 0.0332. The van der Waals surface area contributed by atoms with Gasteiger partial charge in [0.25, 0.3) is 0 Å². The predicted octanol–water partition coefficient (Wildman–Crippen LogP) is 1.43. The van der Waals surface area contributed by atoms with E-state index < -0.39 is 0 Å². The molecule has 0 aliphatic rings. The number of hydrogen-bond donors (Lipinski definition) is 2. The van der Waals surface area contributed by atoms with Crippen molar-refractivity contribution < 1.29 is 5.21 Å². The summed E-state index contributed by atoms with van der Waals surface area (Å²) < 4.78 is 0. The molecule has 18 heavy (non-hydrogen) atoms. The first-order valence-corrected chi connectivity index (χ1v) is 5.92. The van der Waals surface area contributed by atoms with Gasteiger partial charge >= 0.3 is 0 Å². The van der Waals surface area contributed by atoms with Gasteiger partial charge in [0, 0.05) is 23.7 Å². The molecule has 6 nitrogen and oxygen atoms in total. The van der Waals surface area contributed by atoms with Crippen LogP contribution in [0, 0.1) is 6.92 Å². The summed E-state index contributed by atoms with van der Waals surface area (Å²) in [5, 5.41) is 12.8. The van der Waals surface area contributed by atoms with E-state index >= 15 is 0 Å². The van der Waals surface area contributed by atoms with Gasteiger partial charge in [-0.1, -0.05) is 5.16 Å². The minimum atomic E-state index is 0.0332. The van der Waals surface area contributed by atoms with Crippen LogP contribution in [0.5, 0.6) is 0 Å². The van der Waals surface area contributed by atoms with Crippen LogP contribution in [0.4, 0.5) is 0 Å². The lowest BCUT2D eigenvalue weighted by molar-refractivity contribution is 0.318. The average Bonchev–Trinajstić information content (AvgIpc) is 2.39. The first-order valence-electron chi connectivity index (χ1n) is 5.10. The third kappa shape index (κ3) is 2.95. The molecular weight excluding hydrogens is 250 g/mol. The molecule has 2 rings (SSSR count). The van der Waals surface area contributed by atoms with Gasteiger partial charge in [0.05, 0.1) is 0 Å². The second-order valence-electron chi connectivity index (χ2n) is 3.45. The SMILES string of the molecule is Cc1ccnc(Sc2ccc(/C(N)=N/O)cn2)n1. The molecule has 0 aliphatic heterocycles. The van der Waals surface area contributed by atoms with Gasteiger partial charge in [0.2, 0.25) is 0 Å². The van der Waals surface area contributed by atoms with Crippen molar-refractivity contribution >= 4 is 17.6 Å². The van der Waals surface area contributed by atoms with Gasteiger partial charge in [0.15, 0.2) is 11.0 Å². The maximum atomic E-state index is 8.53. The van der Waals surface area contributed by atoms with Crippen molar-refractivity contribution in [3.8, 4) is 0 Å². The Morgan fingerprint density at radius 1 is 1.33 bits per heavy atom. The van der Waals surface area contributed by atoms with E-state index in [0.29, 0.717) is 10.7 Å². The maximum absolute atomic E-state index is 8.53. The summed E-state index contributed by atoms with van der Waals surface area (Å²) in [7, 11) is 0. The number of hydrogen-bond acceptors (Lipinski definition) is 6. The third-order valence-electron chi connectivity index (χ3n) is 2.11. The van der Waals surface area contributed by atoms with Gasteiger partial charge in [0.1, 0.15) is 5.03 Å². The molecule has 0 radical (unpaired) electrons. The maximum Gasteiger partial charge on any atom is 0.194 e. The van der Waals surface area contributed by atoms with E-state index in [0.717, 1.165) is 10.7 Å². The van der Waals surface area contributed by atoms with Crippen LogP contribution in [0.15, 0.2) is 45.9 Å². The number of aryl methyl sites for hydroxylation is 1. The monoisotopic (exact) mass is 261 g/mol. The molecule has 0 saturated carbocycles. The van der Waals surface area contributed by atoms with Gasteiger partial charge < -0.3 is 10.9 Å². The number of pyridine rings is 1. The van der Waals surface area contributed by atoms with Gasteiger partial charge in [-0.15, -0.1) is 0 Å². The van der Waals surface area contributed by atoms with Crippen molar-refractivity contribution in [3.63, 3.8) is 0 Å². The molecule has 2 aromatic heterocycles. The van der Waals surface area contributed by atoms with E-state index in [2.05, 4.69) is 20.1 Å². The molecule has 0 unspecified atom stereocenters. The summed E-state index contributed by atoms with van der Waals surface area (Å²) in [4.78, 5) is 12.6. The zero-order valence-electron chi connectivity index (χ0n) is 9.61. The molecule has 2 aromatic rings. The van der Waals surface area contributed by atoms with E-state index in [9.17, 15) is 0 Å². The van der Waals surface area contributed by atoms with Crippen LogP contribution in [-0.2, 0) is 0 Å². The number of aromatic nitrogens is 3. The second kappa shape index (κ2) is 5.46. The smallest absolute Gasteiger partial charge is 0.194 e. The molecule has 0 aliphatic carbocycles. The highest BCUT2D eigenvalue weighted by molar-refractivity contribution is 7.99. The second-order valence-corrected chi connectivity index (χ2v) is 4.44. The third-order valence-corrected chi connectivity index (χ3v) is 2.94. The topological polar surface area (TPSA) is 97.3 Å². The Labute approximate surface area is 108 Å². The summed E-state index contributed by atoms with van der Waals surface area (Å²) >= 11 is 1.35. The minimum Gasteiger partial charge on any atom is -0.409 e. The van der Waals surface area contributed by atoms with Crippen LogP contribution in [0.3, 0.4) is 0 Å². The highest BCUT2D eigenvalue weighted by atomic mass is 32.2. The lowest BCUT2D eigenvalue weighted by atomic mass is 10.3. The summed E-state index contributed by atoms with van der Waals surface area (Å²) in [6, 6.07) is 5.32. The van der Waals surface area contributed by atoms with Crippen LogP contribution >= 0.6 is 11.8 Å². The molecule has 0 fully saturated rings. The summed E-state index contributed by atoms with van der Waals surface area (Å²) in [6.07, 6.45) is 3.24. The van der Waals surface area contributed by atoms with E-state index in [1.165, 1.54) is 18.0 Å². The Bertz CT molecular complexity index is 570. The lowest BCUT2D eigenvalue weighted by Gasteiger charge is -2.01. The van der Waals surface area contributed by atoms with E-state index in [-0.39, 0.29) is 5.84 Å². The predicted molar refractivity (Wildman–Crippen MR) is 67.6 cm³/mol. The highest BCUT2D eigenvalue weighted by Crippen LogP contribution is 2.22. The van der Waals surface area contributed by atoms with E-state index in [1.807, 2.05) is 13.0 Å². The zero-order chi connectivity index (χ0) is 13.0. The lowest BCUT2D eigenvalue weighted by Crippen LogP contribution is -2.13. The molecule has 92 valence electrons. The fraction of sp³-hybridized carbons (Fsp3) is 0.0909. The largest absolute Gasteiger partial charge is 0.409 e. The van der Waals surface area contributed by atoms with Crippen molar-refractivity contribution in [3.05, 3.63) is 41.9 Å². The average molecular weight is 261 g/mol. The Kier molecular flexibility index (Phi) is 3.73. The molecule has 3 N–H and O–H groups in total. The summed E-state index contributed by atoms with van der Waals surface area (Å²) in [6.45, 7) is 1.90. The molecule has 0 spiro atoms. The molecular formula is C11H11N5OS. The Hall–Kier alpha value is -2.15. The number of oxime groups is 1. The number of nitrogens with zero attached hydrogens (tertiary/aromatic N) is 4. The van der Waals surface area contributed by atoms with Crippen LogP contribution in [0.1, 0.15) is 11.3 Å². The standard InChI is InChI=1S/C11H11N5OS/c1-7-4-5-13-11(15-7)18-9-3-2-8(6-14-9)10(12)16-17/h2-6,17H,1H3,(H2,12,16).